The summed E-state index contributed by atoms with van der Waals surface area (Å²) >= 11 is 0. The van der Waals surface area contributed by atoms with Crippen LogP contribution in [0.15, 0.2) is 24.3 Å². The molecule has 1 N–H and O–H groups in total. The molecule has 0 fully saturated rings. The summed E-state index contributed by atoms with van der Waals surface area (Å²) in [6.07, 6.45) is 0. The van der Waals surface area contributed by atoms with Gasteiger partial charge in [-0.25, -0.2) is 9.67 Å². The first-order chi connectivity index (χ1) is 10.5. The van der Waals surface area contributed by atoms with E-state index in [0.29, 0.717) is 0 Å². The Morgan fingerprint density at radius 3 is 2.09 bits per heavy atom. The van der Waals surface area contributed by atoms with Gasteiger partial charge in [-0.15, -0.1) is 0 Å². The first-order valence-corrected chi connectivity index (χ1v) is 9.40. The maximum absolute atomic E-state index is 4.79. The van der Waals surface area contributed by atoms with Crippen molar-refractivity contribution in [2.45, 2.75) is 65.7 Å². The van der Waals surface area contributed by atoms with Crippen molar-refractivity contribution in [2.24, 2.45) is 0 Å². The van der Waals surface area contributed by atoms with Crippen LogP contribution in [0.4, 0.5) is 5.82 Å². The third-order valence-electron chi connectivity index (χ3n) is 3.53. The van der Waals surface area contributed by atoms with Crippen LogP contribution in [0.1, 0.15) is 52.9 Å². The Bertz CT molecular complexity index is 663. The quantitative estimate of drug-likeness (QED) is 0.777. The molecule has 23 heavy (non-hydrogen) atoms. The van der Waals surface area contributed by atoms with Gasteiger partial charge in [0.15, 0.2) is 5.82 Å². The van der Waals surface area contributed by atoms with Crippen molar-refractivity contribution in [3.8, 4) is 5.82 Å². The van der Waals surface area contributed by atoms with Gasteiger partial charge in [0.2, 0.25) is 0 Å². The largest absolute Gasteiger partial charge is 0.348 e. The van der Waals surface area contributed by atoms with E-state index in [9.17, 15) is 0 Å². The lowest BCUT2D eigenvalue weighted by molar-refractivity contribution is 0.709. The summed E-state index contributed by atoms with van der Waals surface area (Å²) in [6.45, 7) is 17.8. The average molecular weight is 332 g/mol. The lowest BCUT2D eigenvalue weighted by atomic mass is 10.2. The Kier molecular flexibility index (Phi) is 4.86. The van der Waals surface area contributed by atoms with E-state index in [1.165, 1.54) is 0 Å². The molecule has 2 aromatic heterocycles. The Morgan fingerprint density at radius 2 is 1.61 bits per heavy atom. The zero-order valence-electron chi connectivity index (χ0n) is 15.6. The fourth-order valence-corrected chi connectivity index (χ4v) is 5.96. The van der Waals surface area contributed by atoms with Crippen molar-refractivity contribution in [1.29, 1.82) is 0 Å². The summed E-state index contributed by atoms with van der Waals surface area (Å²) in [5.41, 5.74) is 2.11. The molecule has 4 nitrogen and oxygen atoms in total. The third-order valence-corrected chi connectivity index (χ3v) is 6.66. The minimum atomic E-state index is -0.445. The van der Waals surface area contributed by atoms with Crippen molar-refractivity contribution in [1.82, 2.24) is 14.8 Å². The predicted molar refractivity (Wildman–Crippen MR) is 101 cm³/mol. The predicted octanol–water partition coefficient (Wildman–Crippen LogP) is 5.29. The van der Waals surface area contributed by atoms with Crippen molar-refractivity contribution >= 4 is 13.9 Å². The molecule has 0 bridgehead atoms. The van der Waals surface area contributed by atoms with Crippen LogP contribution < -0.4 is 5.09 Å². The Labute approximate surface area is 141 Å². The normalized spacial score (nSPS) is 12.7. The van der Waals surface area contributed by atoms with E-state index in [-0.39, 0.29) is 10.3 Å². The number of hydrogen-bond acceptors (Lipinski definition) is 3. The summed E-state index contributed by atoms with van der Waals surface area (Å²) in [6, 6.07) is 8.15. The fraction of sp³-hybridized carbons (Fsp3) is 0.556. The van der Waals surface area contributed by atoms with E-state index in [2.05, 4.69) is 64.7 Å². The maximum atomic E-state index is 4.79. The fourth-order valence-electron chi connectivity index (χ4n) is 2.92. The second-order valence-corrected chi connectivity index (χ2v) is 11.6. The van der Waals surface area contributed by atoms with E-state index >= 15 is 0 Å². The van der Waals surface area contributed by atoms with Crippen LogP contribution in [0.2, 0.25) is 0 Å². The second-order valence-electron chi connectivity index (χ2n) is 8.01. The highest BCUT2D eigenvalue weighted by atomic mass is 31.1. The molecular formula is C18H29N4P. The molecule has 0 aliphatic heterocycles. The molecule has 0 radical (unpaired) electrons. The van der Waals surface area contributed by atoms with Crippen molar-refractivity contribution in [2.75, 3.05) is 5.09 Å². The summed E-state index contributed by atoms with van der Waals surface area (Å²) in [5, 5.41) is 8.63. The van der Waals surface area contributed by atoms with Crippen LogP contribution in [-0.2, 0) is 0 Å². The van der Waals surface area contributed by atoms with Gasteiger partial charge in [-0.2, -0.15) is 5.10 Å². The number of aryl methyl sites for hydroxylation is 2. The minimum absolute atomic E-state index is 0.198. The van der Waals surface area contributed by atoms with Gasteiger partial charge in [0.1, 0.15) is 5.82 Å². The molecule has 0 aliphatic rings. The van der Waals surface area contributed by atoms with Gasteiger partial charge in [0.05, 0.1) is 5.69 Å². The zero-order valence-corrected chi connectivity index (χ0v) is 16.5. The number of anilines is 1. The SMILES string of the molecule is Cc1cc(C)n(-c2cccc(NP(C(C)(C)C)C(C)(C)C)n2)n1. The highest BCUT2D eigenvalue weighted by Crippen LogP contribution is 2.58. The molecule has 0 spiro atoms. The molecule has 2 rings (SSSR count). The summed E-state index contributed by atoms with van der Waals surface area (Å²) in [7, 11) is -0.445. The molecule has 0 aromatic carbocycles. The monoisotopic (exact) mass is 332 g/mol. The van der Waals surface area contributed by atoms with Crippen molar-refractivity contribution in [3.63, 3.8) is 0 Å². The number of hydrogen-bond donors (Lipinski definition) is 1. The zero-order chi connectivity index (χ0) is 17.4. The summed E-state index contributed by atoms with van der Waals surface area (Å²) in [5.74, 6) is 1.78. The van der Waals surface area contributed by atoms with Crippen LogP contribution >= 0.6 is 8.07 Å². The van der Waals surface area contributed by atoms with Gasteiger partial charge in [-0.3, -0.25) is 0 Å². The molecule has 0 amide bonds. The van der Waals surface area contributed by atoms with Crippen molar-refractivity contribution in [3.05, 3.63) is 35.7 Å². The number of nitrogens with zero attached hydrogens (tertiary/aromatic N) is 3. The highest BCUT2D eigenvalue weighted by molar-refractivity contribution is 7.62. The molecule has 0 saturated heterocycles. The first-order valence-electron chi connectivity index (χ1n) is 8.06. The Balaban J connectivity index is 2.35. The van der Waals surface area contributed by atoms with Gasteiger partial charge in [0.25, 0.3) is 0 Å². The van der Waals surface area contributed by atoms with Crippen LogP contribution in [0.5, 0.6) is 0 Å². The second kappa shape index (κ2) is 6.24. The van der Waals surface area contributed by atoms with Crippen molar-refractivity contribution < 1.29 is 0 Å². The van der Waals surface area contributed by atoms with Crippen LogP contribution in [0.25, 0.3) is 5.82 Å². The van der Waals surface area contributed by atoms with Gasteiger partial charge in [-0.1, -0.05) is 47.6 Å². The van der Waals surface area contributed by atoms with E-state index in [4.69, 9.17) is 4.98 Å². The molecule has 0 saturated carbocycles. The molecule has 2 heterocycles. The minimum Gasteiger partial charge on any atom is -0.348 e. The van der Waals surface area contributed by atoms with E-state index in [1.54, 1.807) is 0 Å². The molecule has 0 atom stereocenters. The van der Waals surface area contributed by atoms with E-state index < -0.39 is 8.07 Å². The topological polar surface area (TPSA) is 42.7 Å². The Morgan fingerprint density at radius 1 is 1.00 bits per heavy atom. The smallest absolute Gasteiger partial charge is 0.156 e. The lowest BCUT2D eigenvalue weighted by Crippen LogP contribution is -2.29. The number of nitrogens with one attached hydrogen (secondary N) is 1. The Hall–Kier alpha value is -1.41. The third kappa shape index (κ3) is 4.32. The molecule has 2 aromatic rings. The van der Waals surface area contributed by atoms with Gasteiger partial charge >= 0.3 is 0 Å². The maximum Gasteiger partial charge on any atom is 0.156 e. The standard InChI is InChI=1S/C18H29N4P/c1-13-12-14(2)22(20-13)16-11-9-10-15(19-16)21-23(17(3,4)5)18(6,7)8/h9-12H,1-8H3,(H,19,21). The number of rotatable bonds is 3. The molecule has 5 heteroatoms. The highest BCUT2D eigenvalue weighted by Gasteiger charge is 2.35. The average Bonchev–Trinajstić information content (AvgIpc) is 2.73. The molecule has 126 valence electrons. The first kappa shape index (κ1) is 17.9. The van der Waals surface area contributed by atoms with Gasteiger partial charge in [-0.05, 0) is 32.0 Å². The molecule has 0 aliphatic carbocycles. The van der Waals surface area contributed by atoms with Crippen LogP contribution in [0, 0.1) is 13.8 Å². The van der Waals surface area contributed by atoms with E-state index in [1.807, 2.05) is 29.8 Å². The molecule has 0 unspecified atom stereocenters. The van der Waals surface area contributed by atoms with Gasteiger partial charge in [0, 0.05) is 24.1 Å². The molecular weight excluding hydrogens is 303 g/mol. The number of pyridine rings is 1. The summed E-state index contributed by atoms with van der Waals surface area (Å²) < 4.78 is 1.90. The van der Waals surface area contributed by atoms with Crippen LogP contribution in [0.3, 0.4) is 0 Å². The summed E-state index contributed by atoms with van der Waals surface area (Å²) in [4.78, 5) is 4.79. The van der Waals surface area contributed by atoms with Gasteiger partial charge < -0.3 is 5.09 Å². The van der Waals surface area contributed by atoms with E-state index in [0.717, 1.165) is 23.0 Å². The van der Waals surface area contributed by atoms with Crippen LogP contribution in [-0.4, -0.2) is 25.1 Å². The lowest BCUT2D eigenvalue weighted by Gasteiger charge is -2.41. The number of aromatic nitrogens is 3.